The molecular weight excluding hydrogens is 348 g/mol. The van der Waals surface area contributed by atoms with Crippen LogP contribution >= 0.6 is 0 Å². The van der Waals surface area contributed by atoms with Gasteiger partial charge in [0.25, 0.3) is 5.91 Å². The number of aromatic carboxylic acids is 1. The van der Waals surface area contributed by atoms with Crippen molar-refractivity contribution < 1.29 is 19.1 Å². The van der Waals surface area contributed by atoms with E-state index in [9.17, 15) is 14.7 Å². The Balaban J connectivity index is 1.65. The normalized spacial score (nSPS) is 12.4. The van der Waals surface area contributed by atoms with E-state index in [0.29, 0.717) is 27.9 Å². The van der Waals surface area contributed by atoms with Crippen molar-refractivity contribution in [1.82, 2.24) is 19.9 Å². The number of nitrogens with one attached hydrogen (secondary N) is 1. The van der Waals surface area contributed by atoms with Crippen LogP contribution < -0.4 is 5.32 Å². The number of nitrogens with zero attached hydrogens (tertiary/aromatic N) is 3. The standard InChI is InChI=1S/C19H16N4O4/c1-10-6-12-8-15(27-16(12)13(7-10)19(25)26)11(2)22-18(24)14-9-21-23-5-3-4-20-17(14)23/h3-9,11H,1-2H3,(H,22,24)(H,25,26). The maximum absolute atomic E-state index is 12.6. The highest BCUT2D eigenvalue weighted by molar-refractivity contribution is 6.02. The summed E-state index contributed by atoms with van der Waals surface area (Å²) in [5.41, 5.74) is 2.01. The van der Waals surface area contributed by atoms with Crippen LogP contribution in [0.3, 0.4) is 0 Å². The zero-order valence-electron chi connectivity index (χ0n) is 14.6. The van der Waals surface area contributed by atoms with Gasteiger partial charge in [-0.1, -0.05) is 0 Å². The maximum atomic E-state index is 12.6. The number of carbonyl (C=O) groups is 2. The van der Waals surface area contributed by atoms with E-state index in [1.165, 1.54) is 10.7 Å². The molecule has 1 atom stereocenters. The third kappa shape index (κ3) is 2.91. The SMILES string of the molecule is Cc1cc(C(=O)O)c2oc(C(C)NC(=O)c3cnn4cccnc34)cc2c1. The molecule has 4 rings (SSSR count). The fourth-order valence-corrected chi connectivity index (χ4v) is 3.03. The predicted octanol–water partition coefficient (Wildman–Crippen LogP) is 2.97. The molecule has 0 aliphatic heterocycles. The molecule has 0 radical (unpaired) electrons. The summed E-state index contributed by atoms with van der Waals surface area (Å²) in [6.45, 7) is 3.59. The summed E-state index contributed by atoms with van der Waals surface area (Å²) >= 11 is 0. The predicted molar refractivity (Wildman–Crippen MR) is 96.8 cm³/mol. The third-order valence-electron chi connectivity index (χ3n) is 4.31. The van der Waals surface area contributed by atoms with Crippen LogP contribution in [0.2, 0.25) is 0 Å². The molecule has 8 nitrogen and oxygen atoms in total. The van der Waals surface area contributed by atoms with Gasteiger partial charge in [-0.05, 0) is 43.7 Å². The molecule has 0 aliphatic carbocycles. The van der Waals surface area contributed by atoms with Gasteiger partial charge in [0.2, 0.25) is 0 Å². The Morgan fingerprint density at radius 1 is 1.26 bits per heavy atom. The summed E-state index contributed by atoms with van der Waals surface area (Å²) < 4.78 is 7.27. The maximum Gasteiger partial charge on any atom is 0.339 e. The Morgan fingerprint density at radius 2 is 2.07 bits per heavy atom. The smallest absolute Gasteiger partial charge is 0.339 e. The number of aryl methyl sites for hydroxylation is 1. The first-order valence-electron chi connectivity index (χ1n) is 8.30. The Morgan fingerprint density at radius 3 is 2.85 bits per heavy atom. The molecule has 27 heavy (non-hydrogen) atoms. The summed E-state index contributed by atoms with van der Waals surface area (Å²) in [5, 5.41) is 17.0. The second-order valence-corrected chi connectivity index (χ2v) is 6.33. The van der Waals surface area contributed by atoms with E-state index in [1.807, 2.05) is 13.0 Å². The molecule has 0 spiro atoms. The van der Waals surface area contributed by atoms with E-state index >= 15 is 0 Å². The van der Waals surface area contributed by atoms with E-state index in [-0.39, 0.29) is 11.5 Å². The number of hydrogen-bond donors (Lipinski definition) is 2. The van der Waals surface area contributed by atoms with Crippen molar-refractivity contribution in [2.45, 2.75) is 19.9 Å². The summed E-state index contributed by atoms with van der Waals surface area (Å²) in [4.78, 5) is 28.2. The number of rotatable bonds is 4. The lowest BCUT2D eigenvalue weighted by Crippen LogP contribution is -2.26. The molecule has 1 aromatic carbocycles. The van der Waals surface area contributed by atoms with Crippen LogP contribution in [0.15, 0.2) is 47.3 Å². The Kier molecular flexibility index (Phi) is 3.88. The van der Waals surface area contributed by atoms with E-state index in [0.717, 1.165) is 5.56 Å². The van der Waals surface area contributed by atoms with Crippen LogP contribution in [-0.4, -0.2) is 31.6 Å². The van der Waals surface area contributed by atoms with Gasteiger partial charge in [0.05, 0.1) is 12.2 Å². The molecule has 4 aromatic rings. The van der Waals surface area contributed by atoms with Crippen molar-refractivity contribution in [2.75, 3.05) is 0 Å². The average molecular weight is 364 g/mol. The summed E-state index contributed by atoms with van der Waals surface area (Å²) in [6.07, 6.45) is 4.75. The highest BCUT2D eigenvalue weighted by atomic mass is 16.4. The van der Waals surface area contributed by atoms with Crippen LogP contribution in [0.4, 0.5) is 0 Å². The van der Waals surface area contributed by atoms with Gasteiger partial charge in [-0.3, -0.25) is 4.79 Å². The van der Waals surface area contributed by atoms with Crippen LogP contribution in [0.5, 0.6) is 0 Å². The number of aromatic nitrogens is 3. The third-order valence-corrected chi connectivity index (χ3v) is 4.31. The van der Waals surface area contributed by atoms with Gasteiger partial charge in [-0.2, -0.15) is 5.10 Å². The monoisotopic (exact) mass is 364 g/mol. The van der Waals surface area contributed by atoms with E-state index in [4.69, 9.17) is 4.42 Å². The highest BCUT2D eigenvalue weighted by Crippen LogP contribution is 2.28. The zero-order chi connectivity index (χ0) is 19.1. The minimum Gasteiger partial charge on any atom is -0.478 e. The largest absolute Gasteiger partial charge is 0.478 e. The number of amides is 1. The number of hydrogen-bond acceptors (Lipinski definition) is 5. The van der Waals surface area contributed by atoms with Crippen LogP contribution in [0.1, 0.15) is 45.0 Å². The number of furan rings is 1. The minimum atomic E-state index is -1.06. The Hall–Kier alpha value is -3.68. The number of fused-ring (bicyclic) bond motifs is 2. The van der Waals surface area contributed by atoms with Crippen molar-refractivity contribution in [3.05, 3.63) is 65.3 Å². The fraction of sp³-hybridized carbons (Fsp3) is 0.158. The molecule has 2 N–H and O–H groups in total. The zero-order valence-corrected chi connectivity index (χ0v) is 14.6. The van der Waals surface area contributed by atoms with Crippen molar-refractivity contribution in [3.63, 3.8) is 0 Å². The fourth-order valence-electron chi connectivity index (χ4n) is 3.03. The summed E-state index contributed by atoms with van der Waals surface area (Å²) in [6, 6.07) is 6.41. The first-order chi connectivity index (χ1) is 12.9. The molecular formula is C19H16N4O4. The van der Waals surface area contributed by atoms with Gasteiger partial charge in [0, 0.05) is 17.8 Å². The summed E-state index contributed by atoms with van der Waals surface area (Å²) in [5.74, 6) is -0.930. The number of benzene rings is 1. The summed E-state index contributed by atoms with van der Waals surface area (Å²) in [7, 11) is 0. The van der Waals surface area contributed by atoms with E-state index < -0.39 is 12.0 Å². The quantitative estimate of drug-likeness (QED) is 0.576. The molecule has 0 bridgehead atoms. The number of carbonyl (C=O) groups excluding carboxylic acids is 1. The molecule has 1 unspecified atom stereocenters. The lowest BCUT2D eigenvalue weighted by molar-refractivity contribution is 0.0697. The first-order valence-corrected chi connectivity index (χ1v) is 8.30. The molecule has 3 aromatic heterocycles. The van der Waals surface area contributed by atoms with Crippen LogP contribution in [0, 0.1) is 6.92 Å². The van der Waals surface area contributed by atoms with Crippen LogP contribution in [0.25, 0.3) is 16.6 Å². The molecule has 8 heteroatoms. The van der Waals surface area contributed by atoms with E-state index in [1.54, 1.807) is 37.5 Å². The molecule has 0 aliphatic rings. The van der Waals surface area contributed by atoms with Gasteiger partial charge >= 0.3 is 5.97 Å². The Bertz CT molecular complexity index is 1190. The number of carboxylic acids is 1. The average Bonchev–Trinajstić information content (AvgIpc) is 3.24. The first kappa shape index (κ1) is 16.8. The van der Waals surface area contributed by atoms with Crippen LogP contribution in [-0.2, 0) is 0 Å². The second kappa shape index (κ2) is 6.24. The lowest BCUT2D eigenvalue weighted by Gasteiger charge is -2.10. The van der Waals surface area contributed by atoms with Gasteiger partial charge in [0.1, 0.15) is 22.5 Å². The van der Waals surface area contributed by atoms with Gasteiger partial charge in [-0.25, -0.2) is 14.3 Å². The molecule has 0 saturated carbocycles. The number of carboxylic acid groups (broad SMARTS) is 1. The molecule has 1 amide bonds. The van der Waals surface area contributed by atoms with E-state index in [2.05, 4.69) is 15.4 Å². The van der Waals surface area contributed by atoms with Crippen molar-refractivity contribution in [3.8, 4) is 0 Å². The molecule has 0 fully saturated rings. The van der Waals surface area contributed by atoms with Gasteiger partial charge < -0.3 is 14.8 Å². The molecule has 0 saturated heterocycles. The highest BCUT2D eigenvalue weighted by Gasteiger charge is 2.21. The lowest BCUT2D eigenvalue weighted by atomic mass is 10.1. The minimum absolute atomic E-state index is 0.0987. The molecule has 3 heterocycles. The van der Waals surface area contributed by atoms with Crippen molar-refractivity contribution in [2.24, 2.45) is 0 Å². The second-order valence-electron chi connectivity index (χ2n) is 6.33. The van der Waals surface area contributed by atoms with Gasteiger partial charge in [0.15, 0.2) is 5.65 Å². The van der Waals surface area contributed by atoms with Gasteiger partial charge in [-0.15, -0.1) is 0 Å². The topological polar surface area (TPSA) is 110 Å². The van der Waals surface area contributed by atoms with Crippen molar-refractivity contribution in [1.29, 1.82) is 0 Å². The Labute approximate surface area is 153 Å². The van der Waals surface area contributed by atoms with Crippen molar-refractivity contribution >= 4 is 28.5 Å². The molecule has 136 valence electrons.